The largest absolute Gasteiger partial charge is 0.368 e. The predicted molar refractivity (Wildman–Crippen MR) is 115 cm³/mol. The second kappa shape index (κ2) is 8.54. The van der Waals surface area contributed by atoms with Crippen molar-refractivity contribution < 1.29 is 4.79 Å². The lowest BCUT2D eigenvalue weighted by Crippen LogP contribution is -2.51. The summed E-state index contributed by atoms with van der Waals surface area (Å²) in [6.07, 6.45) is 3.47. The van der Waals surface area contributed by atoms with Crippen molar-refractivity contribution in [1.82, 2.24) is 9.80 Å². The summed E-state index contributed by atoms with van der Waals surface area (Å²) in [5.41, 5.74) is 3.97. The number of piperazine rings is 1. The lowest BCUT2D eigenvalue weighted by molar-refractivity contribution is -0.133. The van der Waals surface area contributed by atoms with E-state index in [0.29, 0.717) is 12.6 Å². The summed E-state index contributed by atoms with van der Waals surface area (Å²) in [6, 6.07) is 17.0. The molecule has 0 radical (unpaired) electrons. The summed E-state index contributed by atoms with van der Waals surface area (Å²) in [5, 5.41) is 0.755. The maximum Gasteiger partial charge on any atom is 0.236 e. The molecule has 0 bridgehead atoms. The highest BCUT2D eigenvalue weighted by Gasteiger charge is 2.27. The average Bonchev–Trinajstić information content (AvgIpc) is 2.73. The van der Waals surface area contributed by atoms with Gasteiger partial charge in [-0.05, 0) is 55.6 Å². The maximum atomic E-state index is 12.9. The number of carbonyl (C=O) groups is 1. The highest BCUT2D eigenvalue weighted by molar-refractivity contribution is 6.30. The van der Waals surface area contributed by atoms with Gasteiger partial charge in [0.1, 0.15) is 0 Å². The van der Waals surface area contributed by atoms with Crippen LogP contribution in [0.15, 0.2) is 48.5 Å². The van der Waals surface area contributed by atoms with Gasteiger partial charge in [-0.15, -0.1) is 0 Å². The molecule has 1 heterocycles. The van der Waals surface area contributed by atoms with E-state index < -0.39 is 0 Å². The van der Waals surface area contributed by atoms with E-state index in [1.165, 1.54) is 17.5 Å². The van der Waals surface area contributed by atoms with Crippen LogP contribution in [-0.4, -0.2) is 55.5 Å². The quantitative estimate of drug-likeness (QED) is 0.780. The maximum absolute atomic E-state index is 12.9. The summed E-state index contributed by atoms with van der Waals surface area (Å²) in [4.78, 5) is 19.5. The van der Waals surface area contributed by atoms with Crippen LogP contribution >= 0.6 is 11.6 Å². The van der Waals surface area contributed by atoms with E-state index in [1.54, 1.807) is 0 Å². The monoisotopic (exact) mass is 397 g/mol. The second-order valence-electron chi connectivity index (χ2n) is 7.87. The molecule has 5 heteroatoms. The van der Waals surface area contributed by atoms with Crippen molar-refractivity contribution in [3.05, 3.63) is 64.7 Å². The lowest BCUT2D eigenvalue weighted by atomic mass is 9.87. The Morgan fingerprint density at radius 3 is 2.68 bits per heavy atom. The van der Waals surface area contributed by atoms with Gasteiger partial charge in [-0.25, -0.2) is 0 Å². The van der Waals surface area contributed by atoms with Crippen molar-refractivity contribution in [2.24, 2.45) is 0 Å². The molecule has 4 nitrogen and oxygen atoms in total. The van der Waals surface area contributed by atoms with Crippen LogP contribution in [0.3, 0.4) is 0 Å². The highest BCUT2D eigenvalue weighted by atomic mass is 35.5. The number of anilines is 1. The Labute approximate surface area is 172 Å². The summed E-state index contributed by atoms with van der Waals surface area (Å²) in [6.45, 7) is 3.71. The molecule has 0 unspecified atom stereocenters. The summed E-state index contributed by atoms with van der Waals surface area (Å²) >= 11 is 6.11. The van der Waals surface area contributed by atoms with Gasteiger partial charge in [-0.3, -0.25) is 9.69 Å². The number of amides is 1. The Morgan fingerprint density at radius 1 is 1.11 bits per heavy atom. The van der Waals surface area contributed by atoms with Gasteiger partial charge in [-0.2, -0.15) is 0 Å². The minimum atomic E-state index is 0.233. The summed E-state index contributed by atoms with van der Waals surface area (Å²) in [7, 11) is 2.09. The van der Waals surface area contributed by atoms with Gasteiger partial charge in [0.25, 0.3) is 0 Å². The fraction of sp³-hybridized carbons (Fsp3) is 0.435. The van der Waals surface area contributed by atoms with Crippen LogP contribution in [0, 0.1) is 0 Å². The van der Waals surface area contributed by atoms with E-state index in [2.05, 4.69) is 47.2 Å². The number of benzene rings is 2. The van der Waals surface area contributed by atoms with E-state index in [4.69, 9.17) is 11.6 Å². The van der Waals surface area contributed by atoms with Crippen LogP contribution in [0.4, 0.5) is 5.69 Å². The fourth-order valence-electron chi connectivity index (χ4n) is 4.50. The van der Waals surface area contributed by atoms with Gasteiger partial charge in [0.15, 0.2) is 0 Å². The first-order chi connectivity index (χ1) is 13.6. The molecule has 4 rings (SSSR count). The number of nitrogens with zero attached hydrogens (tertiary/aromatic N) is 3. The molecule has 148 valence electrons. The normalized spacial score (nSPS) is 19.6. The number of fused-ring (bicyclic) bond motifs is 1. The third kappa shape index (κ3) is 4.18. The molecule has 2 aromatic rings. The number of rotatable bonds is 4. The first-order valence-electron chi connectivity index (χ1n) is 10.2. The molecule has 1 fully saturated rings. The van der Waals surface area contributed by atoms with Crippen LogP contribution in [0.1, 0.15) is 30.0 Å². The summed E-state index contributed by atoms with van der Waals surface area (Å²) in [5.74, 6) is 0.233. The minimum Gasteiger partial charge on any atom is -0.368 e. The molecule has 1 amide bonds. The molecule has 28 heavy (non-hydrogen) atoms. The third-order valence-corrected chi connectivity index (χ3v) is 6.30. The standard InChI is InChI=1S/C23H28ClN3O/c1-25(22-11-4-7-18-6-2-3-10-21(18)22)17-23(28)27-14-12-26(13-15-27)20-9-5-8-19(24)16-20/h2-3,5-6,8-10,16,22H,4,7,11-15,17H2,1H3/t22-/m1/s1. The zero-order chi connectivity index (χ0) is 19.5. The number of carbonyl (C=O) groups excluding carboxylic acids is 1. The predicted octanol–water partition coefficient (Wildman–Crippen LogP) is 4.00. The van der Waals surface area contributed by atoms with Crippen molar-refractivity contribution in [3.8, 4) is 0 Å². The average molecular weight is 398 g/mol. The number of aryl methyl sites for hydroxylation is 1. The first kappa shape index (κ1) is 19.3. The molecule has 1 aliphatic carbocycles. The van der Waals surface area contributed by atoms with E-state index in [1.807, 2.05) is 23.1 Å². The molecule has 1 saturated heterocycles. The Bertz CT molecular complexity index is 832. The van der Waals surface area contributed by atoms with Gasteiger partial charge in [0, 0.05) is 42.9 Å². The van der Waals surface area contributed by atoms with Crippen molar-refractivity contribution in [2.45, 2.75) is 25.3 Å². The van der Waals surface area contributed by atoms with Crippen molar-refractivity contribution in [2.75, 3.05) is 44.7 Å². The lowest BCUT2D eigenvalue weighted by Gasteiger charge is -2.38. The molecule has 0 spiro atoms. The zero-order valence-electron chi connectivity index (χ0n) is 16.5. The Morgan fingerprint density at radius 2 is 1.89 bits per heavy atom. The first-order valence-corrected chi connectivity index (χ1v) is 10.6. The second-order valence-corrected chi connectivity index (χ2v) is 8.31. The van der Waals surface area contributed by atoms with Gasteiger partial charge < -0.3 is 9.80 Å². The Hall–Kier alpha value is -2.04. The zero-order valence-corrected chi connectivity index (χ0v) is 17.2. The van der Waals surface area contributed by atoms with E-state index >= 15 is 0 Å². The fourth-order valence-corrected chi connectivity index (χ4v) is 4.68. The van der Waals surface area contributed by atoms with E-state index in [9.17, 15) is 4.79 Å². The van der Waals surface area contributed by atoms with Gasteiger partial charge in [-0.1, -0.05) is 41.9 Å². The molecular weight excluding hydrogens is 370 g/mol. The van der Waals surface area contributed by atoms with E-state index in [-0.39, 0.29) is 5.91 Å². The minimum absolute atomic E-state index is 0.233. The number of hydrogen-bond acceptors (Lipinski definition) is 3. The van der Waals surface area contributed by atoms with Crippen molar-refractivity contribution in [1.29, 1.82) is 0 Å². The van der Waals surface area contributed by atoms with Crippen LogP contribution in [0.25, 0.3) is 0 Å². The smallest absolute Gasteiger partial charge is 0.236 e. The molecule has 0 aromatic heterocycles. The van der Waals surface area contributed by atoms with Crippen LogP contribution < -0.4 is 4.90 Å². The van der Waals surface area contributed by atoms with Crippen LogP contribution in [-0.2, 0) is 11.2 Å². The Balaban J connectivity index is 1.34. The SMILES string of the molecule is CN(CC(=O)N1CCN(c2cccc(Cl)c2)CC1)[C@@H]1CCCc2ccccc21. The molecule has 2 aliphatic rings. The molecule has 0 N–H and O–H groups in total. The molecule has 1 atom stereocenters. The van der Waals surface area contributed by atoms with Crippen LogP contribution in [0.2, 0.25) is 5.02 Å². The molecule has 0 saturated carbocycles. The number of hydrogen-bond donors (Lipinski definition) is 0. The molecular formula is C23H28ClN3O. The Kier molecular flexibility index (Phi) is 5.88. The van der Waals surface area contributed by atoms with E-state index in [0.717, 1.165) is 49.7 Å². The van der Waals surface area contributed by atoms with Crippen LogP contribution in [0.5, 0.6) is 0 Å². The number of likely N-dealkylation sites (N-methyl/N-ethyl adjacent to an activating group) is 1. The molecule has 1 aliphatic heterocycles. The highest BCUT2D eigenvalue weighted by Crippen LogP contribution is 2.33. The number of halogens is 1. The van der Waals surface area contributed by atoms with Crippen molar-refractivity contribution in [3.63, 3.8) is 0 Å². The van der Waals surface area contributed by atoms with Gasteiger partial charge in [0.2, 0.25) is 5.91 Å². The topological polar surface area (TPSA) is 26.8 Å². The van der Waals surface area contributed by atoms with Gasteiger partial charge in [0.05, 0.1) is 6.54 Å². The molecule has 2 aromatic carbocycles. The van der Waals surface area contributed by atoms with Gasteiger partial charge >= 0.3 is 0 Å². The summed E-state index contributed by atoms with van der Waals surface area (Å²) < 4.78 is 0. The third-order valence-electron chi connectivity index (χ3n) is 6.06. The van der Waals surface area contributed by atoms with Crippen molar-refractivity contribution >= 4 is 23.2 Å².